The molecule has 1 amide bonds. The van der Waals surface area contributed by atoms with Crippen LogP contribution in [0.15, 0.2) is 0 Å². The molecular weight excluding hydrogens is 256 g/mol. The third-order valence-corrected chi connectivity index (χ3v) is 3.95. The van der Waals surface area contributed by atoms with Gasteiger partial charge in [0.1, 0.15) is 0 Å². The smallest absolute Gasteiger partial charge is 0.230 e. The van der Waals surface area contributed by atoms with Gasteiger partial charge in [-0.15, -0.1) is 24.2 Å². The molecule has 1 atom stereocenters. The second-order valence-corrected chi connectivity index (χ2v) is 7.20. The van der Waals surface area contributed by atoms with Crippen molar-refractivity contribution in [2.75, 3.05) is 25.4 Å². The fraction of sp³-hybridized carbons (Fsp3) is 0.917. The Bertz CT molecular complexity index is 225. The zero-order valence-corrected chi connectivity index (χ0v) is 12.7. The number of thioether (sulfide) groups is 1. The second kappa shape index (κ2) is 8.22. The minimum absolute atomic E-state index is 0. The maximum Gasteiger partial charge on any atom is 0.230 e. The van der Waals surface area contributed by atoms with Crippen molar-refractivity contribution in [1.29, 1.82) is 0 Å². The van der Waals surface area contributed by atoms with E-state index in [0.717, 1.165) is 32.0 Å². The number of nitrogens with one attached hydrogen (secondary N) is 2. The summed E-state index contributed by atoms with van der Waals surface area (Å²) in [7, 11) is 0. The molecule has 1 aliphatic heterocycles. The zero-order chi connectivity index (χ0) is 12.0. The molecule has 1 saturated heterocycles. The van der Waals surface area contributed by atoms with Gasteiger partial charge in [-0.2, -0.15) is 0 Å². The Morgan fingerprint density at radius 1 is 1.47 bits per heavy atom. The first kappa shape index (κ1) is 17.1. The van der Waals surface area contributed by atoms with Gasteiger partial charge in [0, 0.05) is 11.3 Å². The number of rotatable bonds is 5. The monoisotopic (exact) mass is 280 g/mol. The minimum atomic E-state index is 0. The van der Waals surface area contributed by atoms with E-state index in [-0.39, 0.29) is 23.1 Å². The molecule has 1 rings (SSSR count). The summed E-state index contributed by atoms with van der Waals surface area (Å²) in [6, 6.07) is 0. The van der Waals surface area contributed by atoms with Crippen LogP contribution in [0.2, 0.25) is 0 Å². The van der Waals surface area contributed by atoms with Crippen LogP contribution in [-0.4, -0.2) is 36.0 Å². The number of hydrogen-bond donors (Lipinski definition) is 2. The molecule has 0 aromatic heterocycles. The first-order valence-corrected chi connectivity index (χ1v) is 7.07. The fourth-order valence-corrected chi connectivity index (χ4v) is 2.38. The normalized spacial score (nSPS) is 19.8. The molecule has 0 aromatic carbocycles. The van der Waals surface area contributed by atoms with E-state index in [9.17, 15) is 4.79 Å². The SMILES string of the molecule is CC(C)(C)SCC(=O)NCCC1CCNC1.Cl. The molecule has 3 nitrogen and oxygen atoms in total. The van der Waals surface area contributed by atoms with Crippen LogP contribution in [0, 0.1) is 5.92 Å². The zero-order valence-electron chi connectivity index (χ0n) is 11.0. The van der Waals surface area contributed by atoms with E-state index in [0.29, 0.717) is 5.75 Å². The molecule has 0 aliphatic carbocycles. The average Bonchev–Trinajstić information content (AvgIpc) is 2.66. The van der Waals surface area contributed by atoms with E-state index < -0.39 is 0 Å². The van der Waals surface area contributed by atoms with Crippen LogP contribution in [0.25, 0.3) is 0 Å². The number of hydrogen-bond acceptors (Lipinski definition) is 3. The van der Waals surface area contributed by atoms with Crippen molar-refractivity contribution >= 4 is 30.1 Å². The van der Waals surface area contributed by atoms with Gasteiger partial charge in [-0.05, 0) is 31.8 Å². The molecule has 1 unspecified atom stereocenters. The summed E-state index contributed by atoms with van der Waals surface area (Å²) < 4.78 is 0.173. The van der Waals surface area contributed by atoms with Gasteiger partial charge in [0.2, 0.25) is 5.91 Å². The van der Waals surface area contributed by atoms with Crippen molar-refractivity contribution in [2.45, 2.75) is 38.4 Å². The Hall–Kier alpha value is 0.0700. The molecule has 0 spiro atoms. The molecule has 1 aliphatic rings. The summed E-state index contributed by atoms with van der Waals surface area (Å²) in [6.45, 7) is 9.49. The Morgan fingerprint density at radius 2 is 2.18 bits per heavy atom. The maximum atomic E-state index is 11.5. The van der Waals surface area contributed by atoms with E-state index >= 15 is 0 Å². The van der Waals surface area contributed by atoms with Gasteiger partial charge in [0.25, 0.3) is 0 Å². The third-order valence-electron chi connectivity index (χ3n) is 2.67. The standard InChI is InChI=1S/C12H24N2OS.ClH/c1-12(2,3)16-9-11(15)14-7-5-10-4-6-13-8-10;/h10,13H,4-9H2,1-3H3,(H,14,15);1H. The number of carbonyl (C=O) groups excluding carboxylic acids is 1. The van der Waals surface area contributed by atoms with Gasteiger partial charge in [0.15, 0.2) is 0 Å². The molecule has 17 heavy (non-hydrogen) atoms. The van der Waals surface area contributed by atoms with Gasteiger partial charge in [-0.1, -0.05) is 20.8 Å². The number of carbonyl (C=O) groups is 1. The summed E-state index contributed by atoms with van der Waals surface area (Å²) in [5.41, 5.74) is 0. The van der Waals surface area contributed by atoms with E-state index in [1.807, 2.05) is 0 Å². The highest BCUT2D eigenvalue weighted by atomic mass is 35.5. The third kappa shape index (κ3) is 8.75. The highest BCUT2D eigenvalue weighted by Gasteiger charge is 2.15. The Kier molecular flexibility index (Phi) is 8.25. The van der Waals surface area contributed by atoms with Gasteiger partial charge >= 0.3 is 0 Å². The molecule has 0 bridgehead atoms. The molecule has 0 aromatic rings. The van der Waals surface area contributed by atoms with Crippen molar-refractivity contribution in [3.63, 3.8) is 0 Å². The molecule has 5 heteroatoms. The summed E-state index contributed by atoms with van der Waals surface area (Å²) in [6.07, 6.45) is 2.37. The van der Waals surface area contributed by atoms with Gasteiger partial charge < -0.3 is 10.6 Å². The lowest BCUT2D eigenvalue weighted by molar-refractivity contribution is -0.118. The van der Waals surface area contributed by atoms with Crippen molar-refractivity contribution in [3.05, 3.63) is 0 Å². The number of halogens is 1. The first-order chi connectivity index (χ1) is 7.47. The summed E-state index contributed by atoms with van der Waals surface area (Å²) in [5, 5.41) is 6.33. The largest absolute Gasteiger partial charge is 0.355 e. The van der Waals surface area contributed by atoms with Gasteiger partial charge in [-0.3, -0.25) is 4.79 Å². The summed E-state index contributed by atoms with van der Waals surface area (Å²) in [4.78, 5) is 11.5. The summed E-state index contributed by atoms with van der Waals surface area (Å²) in [5.74, 6) is 1.51. The van der Waals surface area contributed by atoms with Crippen LogP contribution in [0.4, 0.5) is 0 Å². The van der Waals surface area contributed by atoms with E-state index in [1.54, 1.807) is 11.8 Å². The van der Waals surface area contributed by atoms with Crippen LogP contribution in [-0.2, 0) is 4.79 Å². The van der Waals surface area contributed by atoms with Crippen LogP contribution in [0.3, 0.4) is 0 Å². The molecule has 102 valence electrons. The topological polar surface area (TPSA) is 41.1 Å². The molecule has 1 fully saturated rings. The average molecular weight is 281 g/mol. The van der Waals surface area contributed by atoms with Crippen molar-refractivity contribution in [2.24, 2.45) is 5.92 Å². The molecule has 0 saturated carbocycles. The fourth-order valence-electron chi connectivity index (χ4n) is 1.71. The highest BCUT2D eigenvalue weighted by molar-refractivity contribution is 8.01. The lowest BCUT2D eigenvalue weighted by Crippen LogP contribution is -2.29. The van der Waals surface area contributed by atoms with Crippen LogP contribution in [0.5, 0.6) is 0 Å². The molecule has 2 N–H and O–H groups in total. The van der Waals surface area contributed by atoms with Crippen LogP contribution in [0.1, 0.15) is 33.6 Å². The predicted octanol–water partition coefficient (Wildman–Crippen LogP) is 2.06. The van der Waals surface area contributed by atoms with E-state index in [2.05, 4.69) is 31.4 Å². The first-order valence-electron chi connectivity index (χ1n) is 6.09. The van der Waals surface area contributed by atoms with Crippen LogP contribution < -0.4 is 10.6 Å². The lowest BCUT2D eigenvalue weighted by atomic mass is 10.1. The highest BCUT2D eigenvalue weighted by Crippen LogP contribution is 2.22. The Balaban J connectivity index is 0.00000256. The predicted molar refractivity (Wildman–Crippen MR) is 78.1 cm³/mol. The minimum Gasteiger partial charge on any atom is -0.355 e. The van der Waals surface area contributed by atoms with Crippen LogP contribution >= 0.6 is 24.2 Å². The molecule has 1 heterocycles. The molecular formula is C12H25ClN2OS. The summed E-state index contributed by atoms with van der Waals surface area (Å²) >= 11 is 1.70. The Labute approximate surface area is 115 Å². The van der Waals surface area contributed by atoms with Gasteiger partial charge in [0.05, 0.1) is 5.75 Å². The van der Waals surface area contributed by atoms with Crippen molar-refractivity contribution in [3.8, 4) is 0 Å². The second-order valence-electron chi connectivity index (χ2n) is 5.40. The van der Waals surface area contributed by atoms with Crippen molar-refractivity contribution < 1.29 is 4.79 Å². The lowest BCUT2D eigenvalue weighted by Gasteiger charge is -2.17. The number of amides is 1. The quantitative estimate of drug-likeness (QED) is 0.810. The maximum absolute atomic E-state index is 11.5. The molecule has 0 radical (unpaired) electrons. The van der Waals surface area contributed by atoms with Crippen molar-refractivity contribution in [1.82, 2.24) is 10.6 Å². The van der Waals surface area contributed by atoms with E-state index in [4.69, 9.17) is 0 Å². The van der Waals surface area contributed by atoms with Gasteiger partial charge in [-0.25, -0.2) is 0 Å². The Morgan fingerprint density at radius 3 is 2.71 bits per heavy atom. The van der Waals surface area contributed by atoms with E-state index in [1.165, 1.54) is 6.42 Å².